The molecule has 0 saturated carbocycles. The number of aliphatic hydroxyl groups excluding tert-OH is 1. The fourth-order valence-corrected chi connectivity index (χ4v) is 4.32. The summed E-state index contributed by atoms with van der Waals surface area (Å²) in [6, 6.07) is 25.0. The maximum absolute atomic E-state index is 10.2. The van der Waals surface area contributed by atoms with Gasteiger partial charge in [0.2, 0.25) is 0 Å². The van der Waals surface area contributed by atoms with Crippen LogP contribution in [0.25, 0.3) is 0 Å². The minimum atomic E-state index is -0.653. The van der Waals surface area contributed by atoms with E-state index in [0.29, 0.717) is 12.1 Å². The van der Waals surface area contributed by atoms with E-state index in [1.807, 2.05) is 66.7 Å². The predicted octanol–water partition coefficient (Wildman–Crippen LogP) is 3.45. The third-order valence-corrected chi connectivity index (χ3v) is 5.91. The van der Waals surface area contributed by atoms with Gasteiger partial charge in [0.15, 0.2) is 12.6 Å². The smallest absolute Gasteiger partial charge is 0.184 e. The number of rotatable bonds is 5. The largest absolute Gasteiger partial charge is 0.394 e. The van der Waals surface area contributed by atoms with Gasteiger partial charge in [-0.1, -0.05) is 60.7 Å². The molecule has 2 aromatic carbocycles. The number of nitrogens with zero attached hydrogens (tertiary/aromatic N) is 2. The molecule has 6 unspecified atom stereocenters. The third kappa shape index (κ3) is 4.67. The minimum absolute atomic E-state index is 0.212. The summed E-state index contributed by atoms with van der Waals surface area (Å²) in [7, 11) is 0. The molecule has 33 heavy (non-hydrogen) atoms. The van der Waals surface area contributed by atoms with Crippen molar-refractivity contribution >= 4 is 0 Å². The van der Waals surface area contributed by atoms with Crippen molar-refractivity contribution < 1.29 is 24.1 Å². The van der Waals surface area contributed by atoms with E-state index in [9.17, 15) is 10.4 Å². The van der Waals surface area contributed by atoms with Gasteiger partial charge in [-0.05, 0) is 17.7 Å². The van der Waals surface area contributed by atoms with Crippen LogP contribution in [-0.2, 0) is 25.4 Å². The summed E-state index contributed by atoms with van der Waals surface area (Å²) >= 11 is 0. The number of aromatic nitrogens is 1. The molecule has 3 heterocycles. The van der Waals surface area contributed by atoms with Gasteiger partial charge in [-0.15, -0.1) is 0 Å². The highest BCUT2D eigenvalue weighted by Crippen LogP contribution is 2.41. The number of benzene rings is 2. The third-order valence-electron chi connectivity index (χ3n) is 5.91. The van der Waals surface area contributed by atoms with E-state index in [-0.39, 0.29) is 6.61 Å². The number of fused-ring (bicyclic) bond motifs is 1. The van der Waals surface area contributed by atoms with Crippen molar-refractivity contribution in [2.75, 3.05) is 6.61 Å². The van der Waals surface area contributed by atoms with E-state index < -0.39 is 37.0 Å². The first-order valence-electron chi connectivity index (χ1n) is 10.9. The second kappa shape index (κ2) is 9.79. The molecule has 2 aliphatic rings. The summed E-state index contributed by atoms with van der Waals surface area (Å²) in [6.07, 6.45) is -1.18. The molecule has 0 radical (unpaired) electrons. The van der Waals surface area contributed by atoms with Crippen LogP contribution in [0.2, 0.25) is 0 Å². The molecule has 0 bridgehead atoms. The number of nitriles is 1. The lowest BCUT2D eigenvalue weighted by molar-refractivity contribution is -0.384. The molecule has 0 aliphatic carbocycles. The van der Waals surface area contributed by atoms with Crippen molar-refractivity contribution in [3.05, 3.63) is 101 Å². The zero-order chi connectivity index (χ0) is 22.6. The topological polar surface area (TPSA) is 93.8 Å². The zero-order valence-electron chi connectivity index (χ0n) is 17.9. The molecule has 0 amide bonds. The zero-order valence-corrected chi connectivity index (χ0v) is 17.9. The maximum atomic E-state index is 10.2. The van der Waals surface area contributed by atoms with Crippen molar-refractivity contribution in [2.24, 2.45) is 0 Å². The van der Waals surface area contributed by atoms with Gasteiger partial charge in [0.1, 0.15) is 30.1 Å². The number of ether oxygens (including phenoxy) is 4. The lowest BCUT2D eigenvalue weighted by atomic mass is 9.94. The van der Waals surface area contributed by atoms with E-state index in [1.54, 1.807) is 12.3 Å². The van der Waals surface area contributed by atoms with Crippen molar-refractivity contribution in [1.29, 1.82) is 5.26 Å². The van der Waals surface area contributed by atoms with Gasteiger partial charge in [-0.2, -0.15) is 5.26 Å². The van der Waals surface area contributed by atoms with Gasteiger partial charge in [-0.25, -0.2) is 4.98 Å². The molecule has 7 nitrogen and oxygen atoms in total. The minimum Gasteiger partial charge on any atom is -0.394 e. The first-order chi connectivity index (χ1) is 16.2. The van der Waals surface area contributed by atoms with E-state index in [2.05, 4.69) is 11.1 Å². The SMILES string of the molecule is N#Cc1cc(CC2OC(c3ccccc3)OC3C(CO)OC(c4ccccc4)OC23)ccn1. The normalized spacial score (nSPS) is 29.1. The fraction of sp³-hybridized carbons (Fsp3) is 0.308. The molecule has 1 N–H and O–H groups in total. The summed E-state index contributed by atoms with van der Waals surface area (Å²) < 4.78 is 25.2. The summed E-state index contributed by atoms with van der Waals surface area (Å²) in [5, 5.41) is 19.4. The van der Waals surface area contributed by atoms with Crippen molar-refractivity contribution in [3.63, 3.8) is 0 Å². The Kier molecular flexibility index (Phi) is 6.44. The van der Waals surface area contributed by atoms with E-state index in [1.165, 1.54) is 0 Å². The van der Waals surface area contributed by atoms with Gasteiger partial charge >= 0.3 is 0 Å². The number of hydrogen-bond donors (Lipinski definition) is 1. The Hall–Kier alpha value is -3.12. The Morgan fingerprint density at radius 3 is 1.94 bits per heavy atom. The monoisotopic (exact) mass is 444 g/mol. The lowest BCUT2D eigenvalue weighted by Gasteiger charge is -2.49. The molecule has 0 spiro atoms. The molecule has 3 aromatic rings. The van der Waals surface area contributed by atoms with Crippen molar-refractivity contribution in [1.82, 2.24) is 4.98 Å². The Labute approximate surface area is 192 Å². The highest BCUT2D eigenvalue weighted by atomic mass is 16.8. The van der Waals surface area contributed by atoms with Crippen LogP contribution >= 0.6 is 0 Å². The van der Waals surface area contributed by atoms with Crippen LogP contribution in [-0.4, -0.2) is 41.1 Å². The number of hydrogen-bond acceptors (Lipinski definition) is 7. The molecule has 2 fully saturated rings. The number of pyridine rings is 1. The maximum Gasteiger partial charge on any atom is 0.184 e. The van der Waals surface area contributed by atoms with Crippen molar-refractivity contribution in [3.8, 4) is 6.07 Å². The van der Waals surface area contributed by atoms with Crippen LogP contribution in [0.3, 0.4) is 0 Å². The van der Waals surface area contributed by atoms with Gasteiger partial charge in [0, 0.05) is 23.7 Å². The molecule has 5 rings (SSSR count). The Bertz CT molecular complexity index is 1100. The molecule has 7 heteroatoms. The quantitative estimate of drug-likeness (QED) is 0.644. The summed E-state index contributed by atoms with van der Waals surface area (Å²) in [4.78, 5) is 4.06. The molecular formula is C26H24N2O5. The van der Waals surface area contributed by atoms with E-state index in [4.69, 9.17) is 18.9 Å². The highest BCUT2D eigenvalue weighted by Gasteiger charge is 2.50. The number of aliphatic hydroxyl groups is 1. The second-order valence-corrected chi connectivity index (χ2v) is 8.08. The molecule has 168 valence electrons. The summed E-state index contributed by atoms with van der Waals surface area (Å²) in [6.45, 7) is -0.212. The van der Waals surface area contributed by atoms with Gasteiger partial charge in [0.25, 0.3) is 0 Å². The summed E-state index contributed by atoms with van der Waals surface area (Å²) in [5.74, 6) is 0. The first kappa shape index (κ1) is 21.7. The average molecular weight is 444 g/mol. The molecule has 2 aliphatic heterocycles. The average Bonchev–Trinajstić information content (AvgIpc) is 2.89. The highest BCUT2D eigenvalue weighted by molar-refractivity contribution is 5.26. The molecule has 2 saturated heterocycles. The molecule has 1 aromatic heterocycles. The Morgan fingerprint density at radius 1 is 0.788 bits per heavy atom. The standard InChI is InChI=1S/C26H24N2O5/c27-15-20-13-17(11-12-28-20)14-21-23-24(33-25(30-21)18-7-3-1-4-8-18)22(16-29)31-26(32-23)19-9-5-2-6-10-19/h1-13,21-26,29H,14,16H2. The Morgan fingerprint density at radius 2 is 1.36 bits per heavy atom. The van der Waals surface area contributed by atoms with Crippen LogP contribution in [0.5, 0.6) is 0 Å². The van der Waals surface area contributed by atoms with Gasteiger partial charge in [0.05, 0.1) is 12.7 Å². The van der Waals surface area contributed by atoms with E-state index >= 15 is 0 Å². The van der Waals surface area contributed by atoms with Crippen LogP contribution in [0.15, 0.2) is 79.0 Å². The lowest BCUT2D eigenvalue weighted by Crippen LogP contribution is -2.59. The molecular weight excluding hydrogens is 420 g/mol. The molecule has 6 atom stereocenters. The Balaban J connectivity index is 1.47. The van der Waals surface area contributed by atoms with Crippen LogP contribution in [0.1, 0.15) is 35.0 Å². The first-order valence-corrected chi connectivity index (χ1v) is 10.9. The second-order valence-electron chi connectivity index (χ2n) is 8.08. The predicted molar refractivity (Wildman–Crippen MR) is 118 cm³/mol. The van der Waals surface area contributed by atoms with E-state index in [0.717, 1.165) is 16.7 Å². The fourth-order valence-electron chi connectivity index (χ4n) is 4.32. The summed E-state index contributed by atoms with van der Waals surface area (Å²) in [5.41, 5.74) is 2.98. The van der Waals surface area contributed by atoms with Crippen LogP contribution < -0.4 is 0 Å². The van der Waals surface area contributed by atoms with Gasteiger partial charge < -0.3 is 24.1 Å². The van der Waals surface area contributed by atoms with Crippen LogP contribution in [0, 0.1) is 11.3 Å². The van der Waals surface area contributed by atoms with Crippen molar-refractivity contribution in [2.45, 2.75) is 43.4 Å². The van der Waals surface area contributed by atoms with Gasteiger partial charge in [-0.3, -0.25) is 0 Å². The van der Waals surface area contributed by atoms with Crippen LogP contribution in [0.4, 0.5) is 0 Å².